The number of hydrogen-bond acceptors (Lipinski definition) is 5. The van der Waals surface area contributed by atoms with Crippen LogP contribution in [0.2, 0.25) is 0 Å². The summed E-state index contributed by atoms with van der Waals surface area (Å²) in [5.41, 5.74) is 3.12. The number of nitrogens with zero attached hydrogens (tertiary/aromatic N) is 2. The van der Waals surface area contributed by atoms with Crippen LogP contribution in [0.3, 0.4) is 0 Å². The molecule has 0 spiro atoms. The summed E-state index contributed by atoms with van der Waals surface area (Å²) in [6.07, 6.45) is 0.996. The Morgan fingerprint density at radius 1 is 1.04 bits per heavy atom. The summed E-state index contributed by atoms with van der Waals surface area (Å²) < 4.78 is 5.70. The second-order valence-corrected chi connectivity index (χ2v) is 6.79. The van der Waals surface area contributed by atoms with E-state index in [0.29, 0.717) is 16.7 Å². The SMILES string of the molecule is CCc1ccc(OCc2nnc(NC(=O)Nc3ccc(C)cc3)s2)cc1. The van der Waals surface area contributed by atoms with Crippen LogP contribution in [0, 0.1) is 6.92 Å². The lowest BCUT2D eigenvalue weighted by Gasteiger charge is -2.05. The predicted molar refractivity (Wildman–Crippen MR) is 104 cm³/mol. The van der Waals surface area contributed by atoms with Gasteiger partial charge in [-0.1, -0.05) is 48.1 Å². The molecule has 134 valence electrons. The lowest BCUT2D eigenvalue weighted by Crippen LogP contribution is -2.19. The lowest BCUT2D eigenvalue weighted by atomic mass is 10.2. The Hall–Kier alpha value is -2.93. The Morgan fingerprint density at radius 2 is 1.77 bits per heavy atom. The predicted octanol–water partition coefficient (Wildman–Crippen LogP) is 4.63. The van der Waals surface area contributed by atoms with E-state index in [1.807, 2.05) is 55.5 Å². The number of urea groups is 1. The average Bonchev–Trinajstić information content (AvgIpc) is 3.09. The van der Waals surface area contributed by atoms with Gasteiger partial charge in [0.1, 0.15) is 12.4 Å². The van der Waals surface area contributed by atoms with Crippen molar-refractivity contribution in [2.45, 2.75) is 26.9 Å². The van der Waals surface area contributed by atoms with Crippen LogP contribution in [0.25, 0.3) is 0 Å². The molecule has 0 saturated carbocycles. The van der Waals surface area contributed by atoms with Gasteiger partial charge >= 0.3 is 6.03 Å². The highest BCUT2D eigenvalue weighted by Gasteiger charge is 2.09. The quantitative estimate of drug-likeness (QED) is 0.665. The highest BCUT2D eigenvalue weighted by molar-refractivity contribution is 7.15. The number of carbonyl (C=O) groups is 1. The van der Waals surface area contributed by atoms with Crippen LogP contribution in [0.4, 0.5) is 15.6 Å². The molecule has 0 aliphatic heterocycles. The van der Waals surface area contributed by atoms with Gasteiger partial charge in [0.15, 0.2) is 5.01 Å². The van der Waals surface area contributed by atoms with Crippen molar-refractivity contribution in [3.63, 3.8) is 0 Å². The summed E-state index contributed by atoms with van der Waals surface area (Å²) >= 11 is 1.28. The fourth-order valence-corrected chi connectivity index (χ4v) is 2.87. The van der Waals surface area contributed by atoms with Gasteiger partial charge in [-0.3, -0.25) is 5.32 Å². The number of amides is 2. The third-order valence-electron chi connectivity index (χ3n) is 3.69. The molecule has 26 heavy (non-hydrogen) atoms. The molecule has 0 aliphatic carbocycles. The Kier molecular flexibility index (Phi) is 5.80. The summed E-state index contributed by atoms with van der Waals surface area (Å²) in [5, 5.41) is 14.6. The molecule has 0 radical (unpaired) electrons. The van der Waals surface area contributed by atoms with Gasteiger partial charge < -0.3 is 10.1 Å². The smallest absolute Gasteiger partial charge is 0.325 e. The third-order valence-corrected chi connectivity index (χ3v) is 4.50. The van der Waals surface area contributed by atoms with E-state index in [2.05, 4.69) is 27.8 Å². The fraction of sp³-hybridized carbons (Fsp3) is 0.211. The van der Waals surface area contributed by atoms with Crippen molar-refractivity contribution >= 4 is 28.2 Å². The minimum absolute atomic E-state index is 0.310. The molecule has 0 aliphatic rings. The van der Waals surface area contributed by atoms with E-state index >= 15 is 0 Å². The first-order valence-corrected chi connectivity index (χ1v) is 9.13. The zero-order valence-corrected chi connectivity index (χ0v) is 15.5. The number of carbonyl (C=O) groups excluding carboxylic acids is 1. The molecule has 7 heteroatoms. The molecule has 1 heterocycles. The van der Waals surface area contributed by atoms with Crippen molar-refractivity contribution in [3.05, 3.63) is 64.7 Å². The highest BCUT2D eigenvalue weighted by Crippen LogP contribution is 2.19. The van der Waals surface area contributed by atoms with Crippen LogP contribution in [-0.2, 0) is 13.0 Å². The van der Waals surface area contributed by atoms with Gasteiger partial charge in [-0.25, -0.2) is 4.79 Å². The van der Waals surface area contributed by atoms with E-state index < -0.39 is 0 Å². The number of anilines is 2. The van der Waals surface area contributed by atoms with E-state index in [1.165, 1.54) is 16.9 Å². The number of rotatable bonds is 6. The van der Waals surface area contributed by atoms with Crippen LogP contribution < -0.4 is 15.4 Å². The molecular formula is C19H20N4O2S. The maximum atomic E-state index is 12.0. The lowest BCUT2D eigenvalue weighted by molar-refractivity contribution is 0.262. The van der Waals surface area contributed by atoms with Gasteiger partial charge in [0, 0.05) is 5.69 Å². The van der Waals surface area contributed by atoms with Crippen LogP contribution >= 0.6 is 11.3 Å². The van der Waals surface area contributed by atoms with E-state index in [9.17, 15) is 4.79 Å². The molecule has 2 amide bonds. The Labute approximate surface area is 156 Å². The highest BCUT2D eigenvalue weighted by atomic mass is 32.1. The zero-order valence-electron chi connectivity index (χ0n) is 14.7. The summed E-state index contributed by atoms with van der Waals surface area (Å²) in [6.45, 7) is 4.41. The van der Waals surface area contributed by atoms with Crippen LogP contribution in [0.1, 0.15) is 23.1 Å². The van der Waals surface area contributed by atoms with Crippen LogP contribution in [-0.4, -0.2) is 16.2 Å². The first-order valence-electron chi connectivity index (χ1n) is 8.31. The summed E-state index contributed by atoms with van der Waals surface area (Å²) in [6, 6.07) is 15.2. The Balaban J connectivity index is 1.50. The molecule has 0 bridgehead atoms. The molecule has 2 N–H and O–H groups in total. The van der Waals surface area contributed by atoms with Crippen molar-refractivity contribution in [1.82, 2.24) is 10.2 Å². The largest absolute Gasteiger partial charge is 0.486 e. The molecule has 0 fully saturated rings. The number of nitrogens with one attached hydrogen (secondary N) is 2. The van der Waals surface area contributed by atoms with Crippen LogP contribution in [0.5, 0.6) is 5.75 Å². The second-order valence-electron chi connectivity index (χ2n) is 5.73. The van der Waals surface area contributed by atoms with E-state index in [4.69, 9.17) is 4.74 Å². The molecular weight excluding hydrogens is 348 g/mol. The van der Waals surface area contributed by atoms with E-state index in [1.54, 1.807) is 0 Å². The number of ether oxygens (including phenoxy) is 1. The Morgan fingerprint density at radius 3 is 2.46 bits per heavy atom. The van der Waals surface area contributed by atoms with Gasteiger partial charge in [0.25, 0.3) is 0 Å². The molecule has 3 rings (SSSR count). The van der Waals surface area contributed by atoms with Gasteiger partial charge in [0.05, 0.1) is 0 Å². The van der Waals surface area contributed by atoms with Crippen molar-refractivity contribution in [3.8, 4) is 5.75 Å². The van der Waals surface area contributed by atoms with Crippen molar-refractivity contribution in [2.75, 3.05) is 10.6 Å². The molecule has 1 aromatic heterocycles. The van der Waals surface area contributed by atoms with Gasteiger partial charge in [-0.2, -0.15) is 0 Å². The molecule has 0 atom stereocenters. The Bertz CT molecular complexity index is 860. The first-order chi connectivity index (χ1) is 12.6. The molecule has 0 unspecified atom stereocenters. The normalized spacial score (nSPS) is 10.4. The monoisotopic (exact) mass is 368 g/mol. The maximum absolute atomic E-state index is 12.0. The fourth-order valence-electron chi connectivity index (χ4n) is 2.23. The van der Waals surface area contributed by atoms with Crippen molar-refractivity contribution < 1.29 is 9.53 Å². The minimum Gasteiger partial charge on any atom is -0.486 e. The number of aryl methyl sites for hydroxylation is 2. The van der Waals surface area contributed by atoms with Crippen molar-refractivity contribution in [2.24, 2.45) is 0 Å². The number of benzene rings is 2. The summed E-state index contributed by atoms with van der Waals surface area (Å²) in [5.74, 6) is 0.782. The standard InChI is InChI=1S/C19H20N4O2S/c1-3-14-6-10-16(11-7-14)25-12-17-22-23-19(26-17)21-18(24)20-15-8-4-13(2)5-9-15/h4-11H,3,12H2,1-2H3,(H2,20,21,23,24). The number of aromatic nitrogens is 2. The minimum atomic E-state index is -0.354. The average molecular weight is 368 g/mol. The maximum Gasteiger partial charge on any atom is 0.325 e. The third kappa shape index (κ3) is 5.03. The molecule has 3 aromatic rings. The summed E-state index contributed by atoms with van der Waals surface area (Å²) in [4.78, 5) is 12.0. The van der Waals surface area contributed by atoms with Gasteiger partial charge in [0.2, 0.25) is 5.13 Å². The molecule has 0 saturated heterocycles. The first kappa shape index (κ1) is 17.9. The molecule has 6 nitrogen and oxygen atoms in total. The van der Waals surface area contributed by atoms with Gasteiger partial charge in [-0.05, 0) is 43.2 Å². The number of hydrogen-bond donors (Lipinski definition) is 2. The van der Waals surface area contributed by atoms with E-state index in [0.717, 1.165) is 23.4 Å². The summed E-state index contributed by atoms with van der Waals surface area (Å²) in [7, 11) is 0. The topological polar surface area (TPSA) is 76.1 Å². The molecule has 2 aromatic carbocycles. The zero-order chi connectivity index (χ0) is 18.4. The second kappa shape index (κ2) is 8.44. The van der Waals surface area contributed by atoms with E-state index in [-0.39, 0.29) is 6.03 Å². The van der Waals surface area contributed by atoms with Crippen molar-refractivity contribution in [1.29, 1.82) is 0 Å². The van der Waals surface area contributed by atoms with Crippen LogP contribution in [0.15, 0.2) is 48.5 Å². The van der Waals surface area contributed by atoms with Gasteiger partial charge in [-0.15, -0.1) is 10.2 Å².